The maximum absolute atomic E-state index is 12.3. The summed E-state index contributed by atoms with van der Waals surface area (Å²) >= 11 is 4.82. The molecule has 2 N–H and O–H groups in total. The van der Waals surface area contributed by atoms with Crippen LogP contribution in [-0.4, -0.2) is 26.4 Å². The Labute approximate surface area is 96.8 Å². The highest BCUT2D eigenvalue weighted by molar-refractivity contribution is 7.80. The minimum atomic E-state index is -2.45. The Kier molecular flexibility index (Phi) is 3.13. The van der Waals surface area contributed by atoms with Gasteiger partial charge in [0.05, 0.1) is 5.69 Å². The van der Waals surface area contributed by atoms with E-state index in [-0.39, 0.29) is 4.99 Å². The summed E-state index contributed by atoms with van der Waals surface area (Å²) in [7, 11) is 0. The molecule has 16 heavy (non-hydrogen) atoms. The van der Waals surface area contributed by atoms with Gasteiger partial charge in [-0.05, 0) is 25.2 Å². The van der Waals surface area contributed by atoms with E-state index in [1.807, 2.05) is 0 Å². The van der Waals surface area contributed by atoms with Gasteiger partial charge in [0.1, 0.15) is 17.2 Å². The minimum Gasteiger partial charge on any atom is -0.388 e. The Bertz CT molecular complexity index is 400. The average Bonchev–Trinajstić information content (AvgIpc) is 2.89. The van der Waals surface area contributed by atoms with Crippen LogP contribution in [0.3, 0.4) is 0 Å². The predicted octanol–water partition coefficient (Wildman–Crippen LogP) is 1.13. The van der Waals surface area contributed by atoms with Gasteiger partial charge in [-0.25, -0.2) is 13.5 Å². The van der Waals surface area contributed by atoms with Crippen molar-refractivity contribution in [3.8, 4) is 0 Å². The van der Waals surface area contributed by atoms with Crippen molar-refractivity contribution >= 4 is 17.2 Å². The van der Waals surface area contributed by atoms with E-state index in [9.17, 15) is 8.78 Å². The first-order valence-corrected chi connectivity index (χ1v) is 5.49. The average molecular weight is 246 g/mol. The van der Waals surface area contributed by atoms with Crippen LogP contribution in [0.25, 0.3) is 0 Å². The Balaban J connectivity index is 2.24. The zero-order chi connectivity index (χ0) is 11.7. The molecule has 0 aliphatic heterocycles. The topological polar surface area (TPSA) is 56.7 Å². The minimum absolute atomic E-state index is 0.121. The van der Waals surface area contributed by atoms with Gasteiger partial charge in [0.15, 0.2) is 0 Å². The Morgan fingerprint density at radius 3 is 2.75 bits per heavy atom. The summed E-state index contributed by atoms with van der Waals surface area (Å²) < 4.78 is 25.8. The molecule has 1 aliphatic rings. The summed E-state index contributed by atoms with van der Waals surface area (Å²) in [6.07, 6.45) is 0.485. The molecule has 0 bridgehead atoms. The zero-order valence-electron chi connectivity index (χ0n) is 8.57. The highest BCUT2D eigenvalue weighted by Crippen LogP contribution is 2.33. The van der Waals surface area contributed by atoms with Crippen LogP contribution < -0.4 is 5.73 Å². The molecular weight excluding hydrogens is 234 g/mol. The van der Waals surface area contributed by atoms with Gasteiger partial charge >= 0.3 is 0 Å². The van der Waals surface area contributed by atoms with E-state index in [4.69, 9.17) is 18.0 Å². The number of thiocarbonyl (C=S) groups is 1. The standard InChI is InChI=1S/C9H12F2N4S/c10-7(11)4-15-6(3-5-1-2-5)8(9(12)16)13-14-15/h5,7H,1-4H2,(H2,12,16). The third-order valence-corrected chi connectivity index (χ3v) is 2.75. The molecule has 0 unspecified atom stereocenters. The summed E-state index contributed by atoms with van der Waals surface area (Å²) in [4.78, 5) is 0.121. The van der Waals surface area contributed by atoms with E-state index < -0.39 is 13.0 Å². The molecule has 1 aromatic heterocycles. The lowest BCUT2D eigenvalue weighted by Crippen LogP contribution is -2.16. The van der Waals surface area contributed by atoms with Crippen LogP contribution in [-0.2, 0) is 13.0 Å². The molecule has 1 aromatic rings. The molecule has 0 saturated heterocycles. The fourth-order valence-electron chi connectivity index (χ4n) is 1.60. The second kappa shape index (κ2) is 4.40. The second-order valence-corrected chi connectivity index (χ2v) is 4.41. The first-order chi connectivity index (χ1) is 7.58. The number of rotatable bonds is 5. The van der Waals surface area contributed by atoms with Gasteiger partial charge in [-0.1, -0.05) is 17.4 Å². The zero-order valence-corrected chi connectivity index (χ0v) is 9.38. The highest BCUT2D eigenvalue weighted by Gasteiger charge is 2.27. The lowest BCUT2D eigenvalue weighted by molar-refractivity contribution is 0.119. The maximum atomic E-state index is 12.3. The van der Waals surface area contributed by atoms with E-state index in [0.717, 1.165) is 12.8 Å². The molecule has 7 heteroatoms. The SMILES string of the molecule is NC(=S)c1nnn(CC(F)F)c1CC1CC1. The van der Waals surface area contributed by atoms with Crippen LogP contribution in [0.2, 0.25) is 0 Å². The Morgan fingerprint density at radius 1 is 1.56 bits per heavy atom. The predicted molar refractivity (Wildman–Crippen MR) is 58.3 cm³/mol. The Morgan fingerprint density at radius 2 is 2.25 bits per heavy atom. The van der Waals surface area contributed by atoms with Gasteiger partial charge in [0.2, 0.25) is 0 Å². The monoisotopic (exact) mass is 246 g/mol. The summed E-state index contributed by atoms with van der Waals surface area (Å²) in [5.74, 6) is 0.544. The number of hydrogen-bond donors (Lipinski definition) is 1. The van der Waals surface area contributed by atoms with Gasteiger partial charge in [-0.2, -0.15) is 0 Å². The van der Waals surface area contributed by atoms with Gasteiger partial charge in [-0.15, -0.1) is 5.10 Å². The largest absolute Gasteiger partial charge is 0.388 e. The molecule has 2 rings (SSSR count). The summed E-state index contributed by atoms with van der Waals surface area (Å²) in [6.45, 7) is -0.447. The molecule has 0 aromatic carbocycles. The highest BCUT2D eigenvalue weighted by atomic mass is 32.1. The van der Waals surface area contributed by atoms with Gasteiger partial charge in [0, 0.05) is 0 Å². The molecule has 1 heterocycles. The van der Waals surface area contributed by atoms with Crippen molar-refractivity contribution in [2.45, 2.75) is 32.2 Å². The normalized spacial score (nSPS) is 15.7. The summed E-state index contributed by atoms with van der Waals surface area (Å²) in [5, 5.41) is 7.44. The maximum Gasteiger partial charge on any atom is 0.257 e. The van der Waals surface area contributed by atoms with E-state index >= 15 is 0 Å². The fraction of sp³-hybridized carbons (Fsp3) is 0.667. The lowest BCUT2D eigenvalue weighted by atomic mass is 10.2. The van der Waals surface area contributed by atoms with Crippen molar-refractivity contribution in [2.24, 2.45) is 11.7 Å². The molecule has 0 amide bonds. The number of halogens is 2. The van der Waals surface area contributed by atoms with Crippen molar-refractivity contribution in [3.05, 3.63) is 11.4 Å². The fourth-order valence-corrected chi connectivity index (χ4v) is 1.76. The van der Waals surface area contributed by atoms with Crippen LogP contribution in [0, 0.1) is 5.92 Å². The molecular formula is C9H12F2N4S. The first-order valence-electron chi connectivity index (χ1n) is 5.08. The number of nitrogens with zero attached hydrogens (tertiary/aromatic N) is 3. The third-order valence-electron chi connectivity index (χ3n) is 2.56. The number of aromatic nitrogens is 3. The van der Waals surface area contributed by atoms with E-state index in [2.05, 4.69) is 10.3 Å². The number of nitrogens with two attached hydrogens (primary N) is 1. The smallest absolute Gasteiger partial charge is 0.257 e. The number of alkyl halides is 2. The molecule has 88 valence electrons. The van der Waals surface area contributed by atoms with Gasteiger partial charge in [-0.3, -0.25) is 0 Å². The van der Waals surface area contributed by atoms with E-state index in [0.29, 0.717) is 23.7 Å². The first kappa shape index (κ1) is 11.4. The molecule has 1 saturated carbocycles. The van der Waals surface area contributed by atoms with Crippen LogP contribution >= 0.6 is 12.2 Å². The second-order valence-electron chi connectivity index (χ2n) is 3.97. The quantitative estimate of drug-likeness (QED) is 0.791. The summed E-state index contributed by atoms with van der Waals surface area (Å²) in [6, 6.07) is 0. The van der Waals surface area contributed by atoms with Crippen molar-refractivity contribution in [1.29, 1.82) is 0 Å². The van der Waals surface area contributed by atoms with Crippen LogP contribution in [0.1, 0.15) is 24.2 Å². The third kappa shape index (κ3) is 2.52. The molecule has 4 nitrogen and oxygen atoms in total. The van der Waals surface area contributed by atoms with E-state index in [1.54, 1.807) is 0 Å². The van der Waals surface area contributed by atoms with E-state index in [1.165, 1.54) is 4.68 Å². The van der Waals surface area contributed by atoms with Crippen LogP contribution in [0.15, 0.2) is 0 Å². The van der Waals surface area contributed by atoms with Gasteiger partial charge < -0.3 is 5.73 Å². The molecule has 0 spiro atoms. The van der Waals surface area contributed by atoms with Crippen molar-refractivity contribution < 1.29 is 8.78 Å². The van der Waals surface area contributed by atoms with Crippen molar-refractivity contribution in [3.63, 3.8) is 0 Å². The Hall–Kier alpha value is -1.11. The molecule has 1 aliphatic carbocycles. The molecule has 0 atom stereocenters. The van der Waals surface area contributed by atoms with Crippen LogP contribution in [0.4, 0.5) is 8.78 Å². The van der Waals surface area contributed by atoms with Gasteiger partial charge in [0.25, 0.3) is 6.43 Å². The van der Waals surface area contributed by atoms with Crippen LogP contribution in [0.5, 0.6) is 0 Å². The van der Waals surface area contributed by atoms with Crippen molar-refractivity contribution in [2.75, 3.05) is 0 Å². The lowest BCUT2D eigenvalue weighted by Gasteiger charge is -2.06. The summed E-state index contributed by atoms with van der Waals surface area (Å²) in [5.41, 5.74) is 6.52. The molecule has 1 fully saturated rings. The number of hydrogen-bond acceptors (Lipinski definition) is 3. The van der Waals surface area contributed by atoms with Crippen molar-refractivity contribution in [1.82, 2.24) is 15.0 Å². The molecule has 0 radical (unpaired) electrons.